The van der Waals surface area contributed by atoms with E-state index in [4.69, 9.17) is 26.3 Å². The maximum Gasteiger partial charge on any atom is 0.444 e. The predicted octanol–water partition coefficient (Wildman–Crippen LogP) is 6.97. The van der Waals surface area contributed by atoms with Crippen LogP contribution in [0.1, 0.15) is 20.7 Å². The van der Waals surface area contributed by atoms with E-state index < -0.39 is 27.5 Å². The number of phenols is 1. The second-order valence-electron chi connectivity index (χ2n) is 11.5. The molecule has 6 aromatic rings. The summed E-state index contributed by atoms with van der Waals surface area (Å²) < 4.78 is 40.3. The summed E-state index contributed by atoms with van der Waals surface area (Å²) in [6, 6.07) is 20.7. The molecule has 25 heteroatoms. The molecule has 0 radical (unpaired) electrons. The van der Waals surface area contributed by atoms with Crippen molar-refractivity contribution in [2.75, 3.05) is 23.0 Å². The van der Waals surface area contributed by atoms with E-state index in [-0.39, 0.29) is 79.8 Å². The number of aromatic hydroxyl groups is 1. The third-order valence-electron chi connectivity index (χ3n) is 7.75. The maximum absolute atomic E-state index is 13.0. The Kier molecular flexibility index (Phi) is 14.3. The first-order valence-corrected chi connectivity index (χ1v) is 19.7. The van der Waals surface area contributed by atoms with Gasteiger partial charge in [-0.15, -0.1) is 13.8 Å². The molecule has 6 N–H and O–H groups in total. The number of anilines is 3. The molecule has 0 aliphatic rings. The number of amides is 1. The van der Waals surface area contributed by atoms with E-state index in [0.29, 0.717) is 28.5 Å². The number of azo groups is 1. The molecule has 2 aromatic heterocycles. The van der Waals surface area contributed by atoms with Gasteiger partial charge in [0.25, 0.3) is 5.91 Å². The minimum Gasteiger partial charge on any atom is -0.505 e. The number of nitrogens with zero attached hydrogens (tertiary/aromatic N) is 6. The fourth-order valence-electron chi connectivity index (χ4n) is 5.06. The minimum absolute atomic E-state index is 0.0348. The molecule has 2 heterocycles. The van der Waals surface area contributed by atoms with Crippen molar-refractivity contribution < 1.29 is 66.2 Å². The maximum atomic E-state index is 13.0. The minimum atomic E-state index is -3.81. The molecule has 21 nitrogen and oxygen atoms in total. The number of pyridine rings is 1. The van der Waals surface area contributed by atoms with Crippen molar-refractivity contribution in [2.45, 2.75) is 9.79 Å². The van der Waals surface area contributed by atoms with E-state index >= 15 is 0 Å². The predicted molar refractivity (Wildman–Crippen MR) is 208 cm³/mol. The first-order valence-electron chi connectivity index (χ1n) is 16.2. The molecule has 1 amide bonds. The summed E-state index contributed by atoms with van der Waals surface area (Å²) in [4.78, 5) is 36.9. The molecule has 0 spiro atoms. The van der Waals surface area contributed by atoms with E-state index in [0.717, 1.165) is 0 Å². The van der Waals surface area contributed by atoms with Crippen LogP contribution in [0, 0.1) is 0 Å². The molecule has 0 saturated heterocycles. The second kappa shape index (κ2) is 19.7. The molecule has 0 aliphatic heterocycles. The zero-order valence-corrected chi connectivity index (χ0v) is 32.6. The van der Waals surface area contributed by atoms with Gasteiger partial charge in [0.15, 0.2) is 27.9 Å². The number of aromatic nitrogens is 4. The lowest BCUT2D eigenvalue weighted by Crippen LogP contribution is -2.33. The van der Waals surface area contributed by atoms with Gasteiger partial charge in [-0.2, -0.15) is 10.1 Å². The Morgan fingerprint density at radius 1 is 0.864 bits per heavy atom. The highest BCUT2D eigenvalue weighted by Gasteiger charge is 2.20. The smallest absolute Gasteiger partial charge is 0.444 e. The summed E-state index contributed by atoms with van der Waals surface area (Å²) in [6.45, 7) is -0.280. The quantitative estimate of drug-likeness (QED) is 0.0127. The molecule has 0 unspecified atom stereocenters. The molecule has 0 bridgehead atoms. The van der Waals surface area contributed by atoms with Gasteiger partial charge >= 0.3 is 23.1 Å². The van der Waals surface area contributed by atoms with Crippen molar-refractivity contribution in [3.05, 3.63) is 114 Å². The van der Waals surface area contributed by atoms with Crippen LogP contribution in [-0.4, -0.2) is 68.3 Å². The van der Waals surface area contributed by atoms with Crippen LogP contribution in [0.4, 0.5) is 28.7 Å². The molecule has 4 aromatic carbocycles. The Labute approximate surface area is 345 Å². The van der Waals surface area contributed by atoms with Crippen LogP contribution in [0.5, 0.6) is 5.75 Å². The molecule has 59 heavy (non-hydrogen) atoms. The van der Waals surface area contributed by atoms with Crippen molar-refractivity contribution in [1.82, 2.24) is 15.0 Å². The Hall–Kier alpha value is -5.90. The molecule has 6 rings (SSSR count). The van der Waals surface area contributed by atoms with E-state index in [1.165, 1.54) is 77.6 Å². The number of sulfone groups is 1. The van der Waals surface area contributed by atoms with E-state index in [1.807, 2.05) is 0 Å². The normalized spacial score (nSPS) is 11.6. The lowest BCUT2D eigenvalue weighted by molar-refractivity contribution is -0.603. The number of rotatable bonds is 18. The van der Waals surface area contributed by atoms with Crippen molar-refractivity contribution in [2.24, 2.45) is 10.2 Å². The molecule has 0 saturated carbocycles. The number of carbonyl (C=O) groups is 2. The van der Waals surface area contributed by atoms with Crippen LogP contribution in [0.25, 0.3) is 16.7 Å². The third kappa shape index (κ3) is 11.2. The Morgan fingerprint density at radius 3 is 2.36 bits per heavy atom. The standard InChI is InChI=1S/C34H25ClN8O13S3/c35-32-38-33(40-34(39-32)43-12-10-20(11-13-43)31(46)47)37-24-9-6-21-16-27(57-55-53-48)28(29(44)26(21)18-24)42-41-22-7-4-19(5-8-22)30(45)36-23-2-1-3-25(17-23)59(50,51)15-14-52-58-56-54-49/h1-13,16-18H,14-15H2,(H5-,36,37,38,39,40,41,42,44,45,46,47,48,49)/p+1. The van der Waals surface area contributed by atoms with E-state index in [1.54, 1.807) is 24.3 Å². The van der Waals surface area contributed by atoms with Gasteiger partial charge in [0.2, 0.25) is 0 Å². The molecule has 0 fully saturated rings. The zero-order chi connectivity index (χ0) is 41.9. The number of carboxylic acid groups (broad SMARTS) is 1. The second-order valence-corrected chi connectivity index (χ2v) is 15.2. The number of halogens is 1. The topological polar surface area (TPSA) is 287 Å². The Morgan fingerprint density at radius 2 is 1.63 bits per heavy atom. The fourth-order valence-corrected chi connectivity index (χ4v) is 7.16. The largest absolute Gasteiger partial charge is 0.505 e. The van der Waals surface area contributed by atoms with Gasteiger partial charge in [-0.1, -0.05) is 22.2 Å². The number of hydrogen-bond donors (Lipinski definition) is 6. The third-order valence-corrected chi connectivity index (χ3v) is 10.6. The summed E-state index contributed by atoms with van der Waals surface area (Å²) >= 11 is 6.96. The van der Waals surface area contributed by atoms with Crippen molar-refractivity contribution in [3.8, 4) is 11.7 Å². The van der Waals surface area contributed by atoms with Crippen LogP contribution in [0.2, 0.25) is 5.28 Å². The average molecular weight is 886 g/mol. The van der Waals surface area contributed by atoms with Gasteiger partial charge in [0.1, 0.15) is 5.69 Å². The molecule has 0 atom stereocenters. The summed E-state index contributed by atoms with van der Waals surface area (Å²) in [5.41, 5.74) is 1.09. The number of carboxylic acids is 1. The van der Waals surface area contributed by atoms with E-state index in [9.17, 15) is 28.2 Å². The van der Waals surface area contributed by atoms with Crippen LogP contribution in [0.15, 0.2) is 117 Å². The lowest BCUT2D eigenvalue weighted by Gasteiger charge is -2.11. The number of aromatic carboxylic acids is 1. The van der Waals surface area contributed by atoms with Gasteiger partial charge in [-0.25, -0.2) is 28.3 Å². The van der Waals surface area contributed by atoms with Gasteiger partial charge in [-0.05, 0) is 99.8 Å². The monoisotopic (exact) mass is 885 g/mol. The summed E-state index contributed by atoms with van der Waals surface area (Å²) in [5.74, 6) is -2.28. The highest BCUT2D eigenvalue weighted by molar-refractivity contribution is 7.94. The van der Waals surface area contributed by atoms with Crippen LogP contribution in [0.3, 0.4) is 0 Å². The Bertz CT molecular complexity index is 2630. The van der Waals surface area contributed by atoms with Crippen molar-refractivity contribution in [1.29, 1.82) is 0 Å². The first-order chi connectivity index (χ1) is 28.4. The number of benzene rings is 4. The molecular formula is C34H26ClN8O13S3+. The van der Waals surface area contributed by atoms with Gasteiger partial charge < -0.3 is 20.8 Å². The van der Waals surface area contributed by atoms with Crippen molar-refractivity contribution >= 4 is 97.2 Å². The van der Waals surface area contributed by atoms with E-state index in [2.05, 4.69) is 54.6 Å². The fraction of sp³-hybridized carbons (Fsp3) is 0.0588. The molecular weight excluding hydrogens is 860 g/mol. The van der Waals surface area contributed by atoms with Gasteiger partial charge in [-0.3, -0.25) is 8.98 Å². The first kappa shape index (κ1) is 42.7. The van der Waals surface area contributed by atoms with Crippen LogP contribution < -0.4 is 15.2 Å². The van der Waals surface area contributed by atoms with Crippen LogP contribution in [-0.2, 0) is 32.8 Å². The van der Waals surface area contributed by atoms with Gasteiger partial charge in [0, 0.05) is 22.3 Å². The number of hydrogen-bond acceptors (Lipinski definition) is 20. The number of nitrogens with one attached hydrogen (secondary N) is 2. The SMILES string of the molecule is O=C(O)c1cc[n+](-c2nc(Cl)nc(Nc3ccc4cc(SOOO)c(N=Nc5ccc(C(=O)Nc6cccc(S(=O)(=O)CCOSOOO)c6)cc5)c(O)c4c3)n2)cc1. The average Bonchev–Trinajstić information content (AvgIpc) is 3.23. The molecule has 304 valence electrons. The lowest BCUT2D eigenvalue weighted by atomic mass is 10.1. The summed E-state index contributed by atoms with van der Waals surface area (Å²) in [7, 11) is -3.81. The highest BCUT2D eigenvalue weighted by atomic mass is 35.5. The Balaban J connectivity index is 1.18. The van der Waals surface area contributed by atoms with Crippen LogP contribution >= 0.6 is 36.0 Å². The summed E-state index contributed by atoms with van der Waals surface area (Å²) in [6.07, 6.45) is 2.90. The van der Waals surface area contributed by atoms with Crippen molar-refractivity contribution in [3.63, 3.8) is 0 Å². The summed E-state index contributed by atoms with van der Waals surface area (Å²) in [5, 5.41) is 59.3. The number of fused-ring (bicyclic) bond motifs is 1. The van der Waals surface area contributed by atoms with Gasteiger partial charge in [0.05, 0.1) is 57.8 Å². The zero-order valence-electron chi connectivity index (χ0n) is 29.4. The highest BCUT2D eigenvalue weighted by Crippen LogP contribution is 2.44. The number of carbonyl (C=O) groups excluding carboxylic acids is 1. The molecule has 0 aliphatic carbocycles. The number of phenolic OH excluding ortho intramolecular Hbond substituents is 1.